The molecular weight excluding hydrogens is 300 g/mol. The Morgan fingerprint density at radius 2 is 2.14 bits per heavy atom. The van der Waals surface area contributed by atoms with Gasteiger partial charge in [-0.25, -0.2) is 4.98 Å². The van der Waals surface area contributed by atoms with E-state index in [4.69, 9.17) is 21.1 Å². The summed E-state index contributed by atoms with van der Waals surface area (Å²) in [4.78, 5) is 18.2. The summed E-state index contributed by atoms with van der Waals surface area (Å²) in [5, 5.41) is 13.8. The number of halogens is 1. The first-order valence-electron chi connectivity index (χ1n) is 5.75. The van der Waals surface area contributed by atoms with E-state index in [1.165, 1.54) is 31.6 Å². The molecule has 0 spiro atoms. The van der Waals surface area contributed by atoms with Crippen LogP contribution in [0.5, 0.6) is 17.4 Å². The Labute approximate surface area is 124 Å². The maximum absolute atomic E-state index is 10.8. The Kier molecular flexibility index (Phi) is 4.39. The van der Waals surface area contributed by atoms with E-state index in [2.05, 4.69) is 15.3 Å². The van der Waals surface area contributed by atoms with Crippen LogP contribution in [0.2, 0.25) is 5.02 Å². The third-order valence-electron chi connectivity index (χ3n) is 2.54. The zero-order chi connectivity index (χ0) is 15.4. The van der Waals surface area contributed by atoms with Gasteiger partial charge >= 0.3 is 0 Å². The lowest BCUT2D eigenvalue weighted by atomic mass is 10.3. The van der Waals surface area contributed by atoms with Gasteiger partial charge in [0.05, 0.1) is 23.1 Å². The highest BCUT2D eigenvalue weighted by Gasteiger charge is 2.17. The van der Waals surface area contributed by atoms with Crippen LogP contribution < -0.4 is 14.8 Å². The van der Waals surface area contributed by atoms with Gasteiger partial charge in [0, 0.05) is 13.1 Å². The number of nitrogens with one attached hydrogen (secondary N) is 1. The molecule has 0 saturated carbocycles. The van der Waals surface area contributed by atoms with Gasteiger partial charge in [-0.2, -0.15) is 4.98 Å². The topological polar surface area (TPSA) is 99.4 Å². The summed E-state index contributed by atoms with van der Waals surface area (Å²) in [6.45, 7) is 0. The number of benzene rings is 1. The largest absolute Gasteiger partial charge is 0.489 e. The molecule has 9 heteroatoms. The van der Waals surface area contributed by atoms with Gasteiger partial charge in [0.25, 0.3) is 11.6 Å². The highest BCUT2D eigenvalue weighted by molar-refractivity contribution is 6.32. The van der Waals surface area contributed by atoms with Gasteiger partial charge in [0.1, 0.15) is 6.33 Å². The molecule has 2 aromatic rings. The van der Waals surface area contributed by atoms with Crippen molar-refractivity contribution >= 4 is 23.1 Å². The van der Waals surface area contributed by atoms with Crippen LogP contribution in [0.1, 0.15) is 0 Å². The minimum Gasteiger partial charge on any atom is -0.489 e. The van der Waals surface area contributed by atoms with Gasteiger partial charge in [-0.05, 0) is 6.07 Å². The summed E-state index contributed by atoms with van der Waals surface area (Å²) in [5.74, 6) is 0.885. The number of methoxy groups -OCH3 is 1. The fourth-order valence-corrected chi connectivity index (χ4v) is 1.74. The molecule has 8 nitrogen and oxygen atoms in total. The number of rotatable bonds is 5. The lowest BCUT2D eigenvalue weighted by Gasteiger charge is -2.12. The van der Waals surface area contributed by atoms with E-state index >= 15 is 0 Å². The van der Waals surface area contributed by atoms with Gasteiger partial charge in [0.2, 0.25) is 5.75 Å². The molecule has 0 atom stereocenters. The Hall–Kier alpha value is -2.61. The highest BCUT2D eigenvalue weighted by atomic mass is 35.5. The summed E-state index contributed by atoms with van der Waals surface area (Å²) < 4.78 is 10.7. The van der Waals surface area contributed by atoms with Crippen molar-refractivity contribution in [1.29, 1.82) is 0 Å². The van der Waals surface area contributed by atoms with Crippen LogP contribution in [0.25, 0.3) is 0 Å². The summed E-state index contributed by atoms with van der Waals surface area (Å²) in [7, 11) is 3.09. The molecule has 0 unspecified atom stereocenters. The van der Waals surface area contributed by atoms with Crippen LogP contribution in [-0.2, 0) is 0 Å². The molecule has 110 valence electrons. The first-order valence-corrected chi connectivity index (χ1v) is 6.13. The monoisotopic (exact) mass is 310 g/mol. The molecule has 1 N–H and O–H groups in total. The van der Waals surface area contributed by atoms with E-state index in [9.17, 15) is 10.1 Å². The number of nitro groups is 1. The number of ether oxygens (including phenoxy) is 2. The van der Waals surface area contributed by atoms with Crippen molar-refractivity contribution in [3.05, 3.63) is 39.7 Å². The van der Waals surface area contributed by atoms with Crippen LogP contribution in [0, 0.1) is 10.1 Å². The third kappa shape index (κ3) is 3.11. The second-order valence-electron chi connectivity index (χ2n) is 3.78. The summed E-state index contributed by atoms with van der Waals surface area (Å²) in [6.07, 6.45) is 1.27. The zero-order valence-corrected chi connectivity index (χ0v) is 11.9. The molecule has 1 aromatic heterocycles. The van der Waals surface area contributed by atoms with E-state index in [0.29, 0.717) is 5.82 Å². The van der Waals surface area contributed by atoms with Crippen LogP contribution in [0.4, 0.5) is 11.5 Å². The van der Waals surface area contributed by atoms with Crippen molar-refractivity contribution in [3.63, 3.8) is 0 Å². The van der Waals surface area contributed by atoms with Crippen molar-refractivity contribution in [2.75, 3.05) is 19.5 Å². The second-order valence-corrected chi connectivity index (χ2v) is 4.19. The molecule has 0 fully saturated rings. The Morgan fingerprint density at radius 3 is 2.76 bits per heavy atom. The predicted molar refractivity (Wildman–Crippen MR) is 76.3 cm³/mol. The van der Waals surface area contributed by atoms with Crippen molar-refractivity contribution in [2.45, 2.75) is 0 Å². The van der Waals surface area contributed by atoms with Crippen molar-refractivity contribution in [3.8, 4) is 17.4 Å². The highest BCUT2D eigenvalue weighted by Crippen LogP contribution is 2.37. The Bertz CT molecular complexity index is 680. The molecule has 0 bridgehead atoms. The number of hydrogen-bond acceptors (Lipinski definition) is 7. The fraction of sp³-hybridized carbons (Fsp3) is 0.167. The number of hydrogen-bond donors (Lipinski definition) is 1. The van der Waals surface area contributed by atoms with Gasteiger partial charge in [-0.3, -0.25) is 10.1 Å². The average molecular weight is 311 g/mol. The maximum Gasteiger partial charge on any atom is 0.273 e. The van der Waals surface area contributed by atoms with E-state index in [0.717, 1.165) is 0 Å². The number of non-ortho nitro benzene ring substituents is 1. The normalized spacial score (nSPS) is 10.0. The molecule has 0 radical (unpaired) electrons. The maximum atomic E-state index is 10.8. The van der Waals surface area contributed by atoms with E-state index < -0.39 is 4.92 Å². The summed E-state index contributed by atoms with van der Waals surface area (Å²) in [5.41, 5.74) is -0.142. The molecule has 0 aliphatic rings. The molecule has 1 heterocycles. The Morgan fingerprint density at radius 1 is 1.38 bits per heavy atom. The molecule has 0 aliphatic heterocycles. The van der Waals surface area contributed by atoms with Crippen molar-refractivity contribution < 1.29 is 14.4 Å². The number of nitro benzene ring substituents is 1. The van der Waals surface area contributed by atoms with Crippen molar-refractivity contribution in [1.82, 2.24) is 9.97 Å². The molecule has 0 amide bonds. The van der Waals surface area contributed by atoms with Crippen LogP contribution in [-0.4, -0.2) is 29.0 Å². The predicted octanol–water partition coefficient (Wildman–Crippen LogP) is 2.88. The smallest absolute Gasteiger partial charge is 0.273 e. The zero-order valence-electron chi connectivity index (χ0n) is 11.2. The summed E-state index contributed by atoms with van der Waals surface area (Å²) >= 11 is 5.97. The Balaban J connectivity index is 2.43. The standard InChI is InChI=1S/C12H11ClN4O4/c1-14-11-10(20-2)12(16-6-15-11)21-9-5-7(17(18)19)3-4-8(9)13/h3-6H,1-2H3,(H,14,15,16). The number of aromatic nitrogens is 2. The lowest BCUT2D eigenvalue weighted by Crippen LogP contribution is -2.01. The van der Waals surface area contributed by atoms with Gasteiger partial charge < -0.3 is 14.8 Å². The average Bonchev–Trinajstić information content (AvgIpc) is 2.48. The summed E-state index contributed by atoms with van der Waals surface area (Å²) in [6, 6.07) is 3.87. The van der Waals surface area contributed by atoms with E-state index in [1.54, 1.807) is 7.05 Å². The number of nitrogens with zero attached hydrogens (tertiary/aromatic N) is 3. The second kappa shape index (κ2) is 6.23. The molecule has 2 rings (SSSR count). The fourth-order valence-electron chi connectivity index (χ4n) is 1.58. The molecular formula is C12H11ClN4O4. The molecule has 0 aliphatic carbocycles. The van der Waals surface area contributed by atoms with Crippen LogP contribution in [0.15, 0.2) is 24.5 Å². The van der Waals surface area contributed by atoms with Crippen LogP contribution in [0.3, 0.4) is 0 Å². The van der Waals surface area contributed by atoms with E-state index in [1.807, 2.05) is 0 Å². The third-order valence-corrected chi connectivity index (χ3v) is 2.86. The van der Waals surface area contributed by atoms with Crippen molar-refractivity contribution in [2.24, 2.45) is 0 Å². The minimum absolute atomic E-state index is 0.0965. The van der Waals surface area contributed by atoms with Crippen LogP contribution >= 0.6 is 11.6 Å². The van der Waals surface area contributed by atoms with Gasteiger partial charge in [-0.15, -0.1) is 0 Å². The number of anilines is 1. The van der Waals surface area contributed by atoms with Gasteiger partial charge in [-0.1, -0.05) is 11.6 Å². The SMILES string of the molecule is CNc1ncnc(Oc2cc([N+](=O)[O-])ccc2Cl)c1OC. The van der Waals surface area contributed by atoms with E-state index in [-0.39, 0.29) is 28.1 Å². The minimum atomic E-state index is -0.542. The van der Waals surface area contributed by atoms with Gasteiger partial charge in [0.15, 0.2) is 11.6 Å². The quantitative estimate of drug-likeness (QED) is 0.669. The first-order chi connectivity index (χ1) is 10.1. The molecule has 0 saturated heterocycles. The molecule has 21 heavy (non-hydrogen) atoms. The first kappa shape index (κ1) is 14.8. The molecule has 1 aromatic carbocycles. The lowest BCUT2D eigenvalue weighted by molar-refractivity contribution is -0.384.